The van der Waals surface area contributed by atoms with Gasteiger partial charge in [-0.3, -0.25) is 4.79 Å². The Morgan fingerprint density at radius 1 is 1.11 bits per heavy atom. The Kier molecular flexibility index (Phi) is 4.68. The molecule has 0 aromatic heterocycles. The number of nitrogens with two attached hydrogens (primary N) is 1. The molecule has 0 radical (unpaired) electrons. The van der Waals surface area contributed by atoms with Gasteiger partial charge in [0.1, 0.15) is 0 Å². The van der Waals surface area contributed by atoms with Crippen LogP contribution in [0, 0.1) is 10.8 Å². The molecule has 1 aliphatic rings. The number of likely N-dealkylation sites (N-methyl/N-ethyl adjacent to an activating group) is 1. The molecule has 0 spiro atoms. The molecule has 4 heteroatoms. The van der Waals surface area contributed by atoms with Crippen molar-refractivity contribution in [2.45, 2.75) is 52.5 Å². The summed E-state index contributed by atoms with van der Waals surface area (Å²) >= 11 is 0. The molecule has 19 heavy (non-hydrogen) atoms. The van der Waals surface area contributed by atoms with Gasteiger partial charge in [-0.1, -0.05) is 27.7 Å². The maximum absolute atomic E-state index is 12.1. The van der Waals surface area contributed by atoms with E-state index in [2.05, 4.69) is 37.9 Å². The summed E-state index contributed by atoms with van der Waals surface area (Å²) < 4.78 is 0. The van der Waals surface area contributed by atoms with Gasteiger partial charge in [0.25, 0.3) is 0 Å². The zero-order valence-electron chi connectivity index (χ0n) is 13.5. The van der Waals surface area contributed by atoms with Crippen LogP contribution in [0.2, 0.25) is 0 Å². The van der Waals surface area contributed by atoms with E-state index in [1.54, 1.807) is 0 Å². The number of hydrogen-bond donors (Lipinski definition) is 2. The van der Waals surface area contributed by atoms with Crippen LogP contribution >= 0.6 is 0 Å². The van der Waals surface area contributed by atoms with Gasteiger partial charge in [0.05, 0.1) is 5.54 Å². The minimum Gasteiger partial charge on any atom is -0.368 e. The summed E-state index contributed by atoms with van der Waals surface area (Å²) in [5.41, 5.74) is 5.47. The SMILES string of the molecule is CN(C)CCNC1(C(N)=O)CC(C)(C)CC(C)(C)C1. The van der Waals surface area contributed by atoms with Crippen LogP contribution in [0.5, 0.6) is 0 Å². The average molecular weight is 269 g/mol. The first kappa shape index (κ1) is 16.4. The van der Waals surface area contributed by atoms with Crippen molar-refractivity contribution < 1.29 is 4.79 Å². The number of amides is 1. The number of primary amides is 1. The molecule has 0 unspecified atom stereocenters. The van der Waals surface area contributed by atoms with Gasteiger partial charge in [0.2, 0.25) is 5.91 Å². The summed E-state index contributed by atoms with van der Waals surface area (Å²) in [6.07, 6.45) is 2.78. The van der Waals surface area contributed by atoms with Crippen LogP contribution in [0.25, 0.3) is 0 Å². The summed E-state index contributed by atoms with van der Waals surface area (Å²) in [5.74, 6) is -0.202. The van der Waals surface area contributed by atoms with Crippen LogP contribution in [0.1, 0.15) is 47.0 Å². The van der Waals surface area contributed by atoms with E-state index in [9.17, 15) is 4.79 Å². The van der Waals surface area contributed by atoms with Crippen molar-refractivity contribution in [2.24, 2.45) is 16.6 Å². The van der Waals surface area contributed by atoms with Gasteiger partial charge in [-0.2, -0.15) is 0 Å². The molecule has 1 rings (SSSR count). The molecule has 4 nitrogen and oxygen atoms in total. The minimum atomic E-state index is -0.554. The second-order valence-electron chi connectivity index (χ2n) is 8.04. The lowest BCUT2D eigenvalue weighted by molar-refractivity contribution is -0.130. The number of hydrogen-bond acceptors (Lipinski definition) is 3. The predicted molar refractivity (Wildman–Crippen MR) is 79.9 cm³/mol. The van der Waals surface area contributed by atoms with Crippen molar-refractivity contribution in [3.8, 4) is 0 Å². The Balaban J connectivity index is 2.88. The molecule has 1 fully saturated rings. The van der Waals surface area contributed by atoms with Crippen LogP contribution in [-0.4, -0.2) is 43.5 Å². The lowest BCUT2D eigenvalue weighted by Gasteiger charge is -2.51. The molecule has 112 valence electrons. The molecular formula is C15H31N3O. The lowest BCUT2D eigenvalue weighted by atomic mass is 9.58. The Bertz CT molecular complexity index is 318. The van der Waals surface area contributed by atoms with E-state index in [0.717, 1.165) is 32.4 Å². The Labute approximate surface area is 118 Å². The maximum Gasteiger partial charge on any atom is 0.237 e. The average Bonchev–Trinajstić information content (AvgIpc) is 2.11. The number of rotatable bonds is 5. The number of carbonyl (C=O) groups excluding carboxylic acids is 1. The van der Waals surface area contributed by atoms with Crippen LogP contribution in [-0.2, 0) is 4.79 Å². The summed E-state index contributed by atoms with van der Waals surface area (Å²) in [7, 11) is 4.07. The molecule has 0 aliphatic heterocycles. The number of nitrogens with one attached hydrogen (secondary N) is 1. The highest BCUT2D eigenvalue weighted by Gasteiger charge is 2.50. The highest BCUT2D eigenvalue weighted by Crippen LogP contribution is 2.49. The summed E-state index contributed by atoms with van der Waals surface area (Å²) in [6.45, 7) is 10.6. The first-order valence-electron chi connectivity index (χ1n) is 7.18. The highest BCUT2D eigenvalue weighted by molar-refractivity contribution is 5.85. The zero-order chi connectivity index (χ0) is 14.9. The van der Waals surface area contributed by atoms with Crippen LogP contribution < -0.4 is 11.1 Å². The van der Waals surface area contributed by atoms with E-state index in [-0.39, 0.29) is 16.7 Å². The monoisotopic (exact) mass is 269 g/mol. The highest BCUT2D eigenvalue weighted by atomic mass is 16.1. The van der Waals surface area contributed by atoms with Crippen LogP contribution in [0.4, 0.5) is 0 Å². The van der Waals surface area contributed by atoms with Gasteiger partial charge < -0.3 is 16.0 Å². The number of carbonyl (C=O) groups is 1. The molecule has 1 amide bonds. The second-order valence-corrected chi connectivity index (χ2v) is 8.04. The van der Waals surface area contributed by atoms with Gasteiger partial charge in [0.15, 0.2) is 0 Å². The summed E-state index contributed by atoms with van der Waals surface area (Å²) in [4.78, 5) is 14.2. The van der Waals surface area contributed by atoms with E-state index < -0.39 is 5.54 Å². The van der Waals surface area contributed by atoms with Crippen molar-refractivity contribution in [1.82, 2.24) is 10.2 Å². The largest absolute Gasteiger partial charge is 0.368 e. The van der Waals surface area contributed by atoms with Gasteiger partial charge >= 0.3 is 0 Å². The first-order chi connectivity index (χ1) is 8.48. The smallest absolute Gasteiger partial charge is 0.237 e. The summed E-state index contributed by atoms with van der Waals surface area (Å²) in [6, 6.07) is 0. The molecule has 1 aliphatic carbocycles. The Hall–Kier alpha value is -0.610. The van der Waals surface area contributed by atoms with Crippen molar-refractivity contribution in [3.05, 3.63) is 0 Å². The topological polar surface area (TPSA) is 58.4 Å². The van der Waals surface area contributed by atoms with Crippen LogP contribution in [0.3, 0.4) is 0 Å². The molecule has 0 heterocycles. The van der Waals surface area contributed by atoms with E-state index >= 15 is 0 Å². The standard InChI is InChI=1S/C15H31N3O/c1-13(2)9-14(3,4)11-15(10-13,12(16)19)17-7-8-18(5)6/h17H,7-11H2,1-6H3,(H2,16,19). The van der Waals surface area contributed by atoms with E-state index in [1.165, 1.54) is 0 Å². The van der Waals surface area contributed by atoms with Crippen molar-refractivity contribution in [3.63, 3.8) is 0 Å². The molecule has 3 N–H and O–H groups in total. The third kappa shape index (κ3) is 4.46. The molecule has 0 bridgehead atoms. The minimum absolute atomic E-state index is 0.141. The molecule has 0 atom stereocenters. The molecule has 0 aromatic carbocycles. The third-order valence-electron chi connectivity index (χ3n) is 4.01. The molecule has 1 saturated carbocycles. The zero-order valence-corrected chi connectivity index (χ0v) is 13.5. The van der Waals surface area contributed by atoms with Gasteiger partial charge in [-0.25, -0.2) is 0 Å². The van der Waals surface area contributed by atoms with Gasteiger partial charge in [0, 0.05) is 13.1 Å². The van der Waals surface area contributed by atoms with Crippen molar-refractivity contribution in [1.29, 1.82) is 0 Å². The third-order valence-corrected chi connectivity index (χ3v) is 4.01. The fourth-order valence-corrected chi connectivity index (χ4v) is 4.02. The van der Waals surface area contributed by atoms with E-state index in [4.69, 9.17) is 5.73 Å². The lowest BCUT2D eigenvalue weighted by Crippen LogP contribution is -2.62. The molecule has 0 saturated heterocycles. The normalized spacial score (nSPS) is 24.4. The second kappa shape index (κ2) is 5.41. The maximum atomic E-state index is 12.1. The van der Waals surface area contributed by atoms with E-state index in [1.807, 2.05) is 14.1 Å². The predicted octanol–water partition coefficient (Wildman–Crippen LogP) is 1.60. The van der Waals surface area contributed by atoms with E-state index in [0.29, 0.717) is 0 Å². The summed E-state index contributed by atoms with van der Waals surface area (Å²) in [5, 5.41) is 3.46. The molecular weight excluding hydrogens is 238 g/mol. The van der Waals surface area contributed by atoms with Gasteiger partial charge in [-0.05, 0) is 44.2 Å². The van der Waals surface area contributed by atoms with Crippen LogP contribution in [0.15, 0.2) is 0 Å². The number of nitrogens with zero attached hydrogens (tertiary/aromatic N) is 1. The Morgan fingerprint density at radius 2 is 1.58 bits per heavy atom. The fraction of sp³-hybridized carbons (Fsp3) is 0.933. The molecule has 0 aromatic rings. The first-order valence-corrected chi connectivity index (χ1v) is 7.18. The fourth-order valence-electron chi connectivity index (χ4n) is 4.02. The van der Waals surface area contributed by atoms with Crippen molar-refractivity contribution >= 4 is 5.91 Å². The van der Waals surface area contributed by atoms with Crippen molar-refractivity contribution in [2.75, 3.05) is 27.2 Å². The van der Waals surface area contributed by atoms with Gasteiger partial charge in [-0.15, -0.1) is 0 Å². The Morgan fingerprint density at radius 3 is 1.95 bits per heavy atom. The quantitative estimate of drug-likeness (QED) is 0.797.